The molecule has 0 saturated carbocycles. The van der Waals surface area contributed by atoms with Crippen LogP contribution in [0.5, 0.6) is 5.75 Å². The van der Waals surface area contributed by atoms with Gasteiger partial charge in [-0.1, -0.05) is 32.4 Å². The Labute approximate surface area is 206 Å². The van der Waals surface area contributed by atoms with Gasteiger partial charge >= 0.3 is 0 Å². The van der Waals surface area contributed by atoms with Crippen LogP contribution in [0.4, 0.5) is 0 Å². The Hall–Kier alpha value is -1.67. The van der Waals surface area contributed by atoms with Gasteiger partial charge in [0.05, 0.1) is 18.3 Å². The van der Waals surface area contributed by atoms with E-state index in [-0.39, 0.29) is 17.9 Å². The number of ether oxygens (including phenoxy) is 2. The molecule has 7 nitrogen and oxygen atoms in total. The van der Waals surface area contributed by atoms with Gasteiger partial charge in [-0.05, 0) is 69.5 Å². The number of methoxy groups -OCH3 is 1. The van der Waals surface area contributed by atoms with Crippen molar-refractivity contribution < 1.29 is 19.4 Å². The summed E-state index contributed by atoms with van der Waals surface area (Å²) in [5.41, 5.74) is 6.97. The SMILES string of the molecule is COCCCCOc1ccccc1C(=O)NC[C@@H](C[C@H](N)[C@@H](O)CN1CCCC[C@H]1C)C(C)C. The van der Waals surface area contributed by atoms with E-state index in [0.717, 1.165) is 19.4 Å². The quantitative estimate of drug-likeness (QED) is 0.335. The molecule has 2 rings (SSSR count). The monoisotopic (exact) mass is 477 g/mol. The third kappa shape index (κ3) is 9.53. The Morgan fingerprint density at radius 2 is 1.97 bits per heavy atom. The molecule has 1 aliphatic heterocycles. The Morgan fingerprint density at radius 3 is 2.68 bits per heavy atom. The minimum absolute atomic E-state index is 0.144. The summed E-state index contributed by atoms with van der Waals surface area (Å²) in [6, 6.07) is 7.53. The van der Waals surface area contributed by atoms with Crippen LogP contribution in [-0.2, 0) is 4.74 Å². The average Bonchev–Trinajstić information content (AvgIpc) is 2.82. The lowest BCUT2D eigenvalue weighted by atomic mass is 9.87. The first-order valence-corrected chi connectivity index (χ1v) is 13.0. The second kappa shape index (κ2) is 15.4. The fourth-order valence-corrected chi connectivity index (χ4v) is 4.53. The minimum atomic E-state index is -0.565. The van der Waals surface area contributed by atoms with Crippen molar-refractivity contribution in [2.75, 3.05) is 40.0 Å². The molecule has 0 unspecified atom stereocenters. The number of hydrogen-bond donors (Lipinski definition) is 3. The molecular weight excluding hydrogens is 430 g/mol. The largest absolute Gasteiger partial charge is 0.493 e. The van der Waals surface area contributed by atoms with Crippen LogP contribution in [0, 0.1) is 11.8 Å². The molecule has 4 atom stereocenters. The van der Waals surface area contributed by atoms with Crippen molar-refractivity contribution in [2.45, 2.75) is 77.5 Å². The number of carbonyl (C=O) groups excluding carboxylic acids is 1. The molecule has 1 saturated heterocycles. The zero-order chi connectivity index (χ0) is 24.9. The normalized spacial score (nSPS) is 19.6. The molecule has 1 heterocycles. The number of hydrogen-bond acceptors (Lipinski definition) is 6. The van der Waals surface area contributed by atoms with Crippen LogP contribution in [0.15, 0.2) is 24.3 Å². The van der Waals surface area contributed by atoms with Crippen LogP contribution in [0.3, 0.4) is 0 Å². The van der Waals surface area contributed by atoms with Crippen LogP contribution in [-0.4, -0.2) is 74.1 Å². The number of aliphatic hydroxyl groups excluding tert-OH is 1. The Kier molecular flexibility index (Phi) is 12.9. The number of likely N-dealkylation sites (tertiary alicyclic amines) is 1. The van der Waals surface area contributed by atoms with Gasteiger partial charge in [0.2, 0.25) is 0 Å². The summed E-state index contributed by atoms with van der Waals surface area (Å²) in [5, 5.41) is 13.8. The number of carbonyl (C=O) groups is 1. The summed E-state index contributed by atoms with van der Waals surface area (Å²) in [6.07, 6.45) is 5.52. The number of β-amino-alcohol motifs (C(OH)–C–C–N with tert-alkyl or cyclic N) is 1. The van der Waals surface area contributed by atoms with Gasteiger partial charge in [-0.15, -0.1) is 0 Å². The summed E-state index contributed by atoms with van der Waals surface area (Å²) >= 11 is 0. The summed E-state index contributed by atoms with van der Waals surface area (Å²) in [6.45, 7) is 9.92. The number of benzene rings is 1. The highest BCUT2D eigenvalue weighted by Crippen LogP contribution is 2.22. The molecule has 0 spiro atoms. The summed E-state index contributed by atoms with van der Waals surface area (Å²) in [7, 11) is 1.69. The lowest BCUT2D eigenvalue weighted by Crippen LogP contribution is -2.49. The van der Waals surface area contributed by atoms with Crippen molar-refractivity contribution in [1.29, 1.82) is 0 Å². The second-order valence-electron chi connectivity index (χ2n) is 10.1. The molecule has 1 aromatic rings. The van der Waals surface area contributed by atoms with Crippen LogP contribution in [0.2, 0.25) is 0 Å². The smallest absolute Gasteiger partial charge is 0.255 e. The number of nitrogens with one attached hydrogen (secondary N) is 1. The van der Waals surface area contributed by atoms with Crippen LogP contribution in [0.1, 0.15) is 69.7 Å². The van der Waals surface area contributed by atoms with Gasteiger partial charge in [0.25, 0.3) is 5.91 Å². The number of aliphatic hydroxyl groups is 1. The average molecular weight is 478 g/mol. The number of nitrogens with zero attached hydrogens (tertiary/aromatic N) is 1. The van der Waals surface area contributed by atoms with E-state index in [1.165, 1.54) is 19.3 Å². The predicted octanol–water partition coefficient (Wildman–Crippen LogP) is 3.45. The zero-order valence-electron chi connectivity index (χ0n) is 21.7. The molecule has 1 amide bonds. The van der Waals surface area contributed by atoms with Gasteiger partial charge in [-0.3, -0.25) is 9.69 Å². The highest BCUT2D eigenvalue weighted by molar-refractivity contribution is 5.96. The third-order valence-corrected chi connectivity index (χ3v) is 7.03. The van der Waals surface area contributed by atoms with Gasteiger partial charge in [-0.2, -0.15) is 0 Å². The van der Waals surface area contributed by atoms with E-state index >= 15 is 0 Å². The first kappa shape index (κ1) is 28.6. The maximum absolute atomic E-state index is 12.9. The molecule has 194 valence electrons. The third-order valence-electron chi connectivity index (χ3n) is 7.03. The van der Waals surface area contributed by atoms with Gasteiger partial charge in [0.15, 0.2) is 0 Å². The maximum atomic E-state index is 12.9. The number of piperidine rings is 1. The van der Waals surface area contributed by atoms with Gasteiger partial charge < -0.3 is 25.6 Å². The van der Waals surface area contributed by atoms with Crippen molar-refractivity contribution in [3.05, 3.63) is 29.8 Å². The van der Waals surface area contributed by atoms with E-state index < -0.39 is 6.10 Å². The molecule has 7 heteroatoms. The van der Waals surface area contributed by atoms with E-state index in [0.29, 0.717) is 56.0 Å². The van der Waals surface area contributed by atoms with E-state index in [9.17, 15) is 9.90 Å². The Morgan fingerprint density at radius 1 is 1.24 bits per heavy atom. The van der Waals surface area contributed by atoms with E-state index in [4.69, 9.17) is 15.2 Å². The molecule has 0 radical (unpaired) electrons. The number of rotatable bonds is 15. The molecule has 0 aliphatic carbocycles. The highest BCUT2D eigenvalue weighted by Gasteiger charge is 2.27. The fraction of sp³-hybridized carbons (Fsp3) is 0.741. The molecule has 0 aromatic heterocycles. The van der Waals surface area contributed by atoms with E-state index in [2.05, 4.69) is 31.0 Å². The Balaban J connectivity index is 1.87. The van der Waals surface area contributed by atoms with Crippen molar-refractivity contribution in [3.8, 4) is 5.75 Å². The van der Waals surface area contributed by atoms with Crippen LogP contribution in [0.25, 0.3) is 0 Å². The molecule has 1 aliphatic rings. The van der Waals surface area contributed by atoms with Crippen molar-refractivity contribution in [3.63, 3.8) is 0 Å². The second-order valence-corrected chi connectivity index (χ2v) is 10.1. The fourth-order valence-electron chi connectivity index (χ4n) is 4.53. The maximum Gasteiger partial charge on any atom is 0.255 e. The Bertz CT molecular complexity index is 715. The van der Waals surface area contributed by atoms with Crippen LogP contribution >= 0.6 is 0 Å². The van der Waals surface area contributed by atoms with Gasteiger partial charge in [0, 0.05) is 38.9 Å². The lowest BCUT2D eigenvalue weighted by molar-refractivity contribution is 0.0514. The first-order chi connectivity index (χ1) is 16.3. The molecule has 4 N–H and O–H groups in total. The lowest BCUT2D eigenvalue weighted by Gasteiger charge is -2.36. The predicted molar refractivity (Wildman–Crippen MR) is 137 cm³/mol. The summed E-state index contributed by atoms with van der Waals surface area (Å²) < 4.78 is 10.9. The van der Waals surface area contributed by atoms with E-state index in [1.807, 2.05) is 18.2 Å². The summed E-state index contributed by atoms with van der Waals surface area (Å²) in [4.78, 5) is 15.3. The highest BCUT2D eigenvalue weighted by atomic mass is 16.5. The van der Waals surface area contributed by atoms with E-state index in [1.54, 1.807) is 13.2 Å². The molecule has 1 aromatic carbocycles. The molecule has 1 fully saturated rings. The summed E-state index contributed by atoms with van der Waals surface area (Å²) in [5.74, 6) is 0.963. The van der Waals surface area contributed by atoms with Crippen molar-refractivity contribution in [1.82, 2.24) is 10.2 Å². The van der Waals surface area contributed by atoms with Crippen LogP contribution < -0.4 is 15.8 Å². The number of amides is 1. The van der Waals surface area contributed by atoms with Crippen molar-refractivity contribution >= 4 is 5.91 Å². The molecular formula is C27H47N3O4. The number of unbranched alkanes of at least 4 members (excludes halogenated alkanes) is 1. The van der Waals surface area contributed by atoms with Gasteiger partial charge in [0.1, 0.15) is 5.75 Å². The van der Waals surface area contributed by atoms with Crippen molar-refractivity contribution in [2.24, 2.45) is 17.6 Å². The zero-order valence-corrected chi connectivity index (χ0v) is 21.7. The topological polar surface area (TPSA) is 97.0 Å². The molecule has 34 heavy (non-hydrogen) atoms. The standard InChI is InChI=1S/C27H47N3O4/c1-20(2)22(17-24(28)25(31)19-30-14-8-7-11-21(30)3)18-29-27(32)23-12-5-6-13-26(23)34-16-10-9-15-33-4/h5-6,12-13,20-22,24-25,31H,7-11,14-19,28H2,1-4H3,(H,29,32)/t21-,22-,24+,25+/m1/s1. The minimum Gasteiger partial charge on any atom is -0.493 e. The molecule has 0 bridgehead atoms. The van der Waals surface area contributed by atoms with Gasteiger partial charge in [-0.25, -0.2) is 0 Å². The number of nitrogens with two attached hydrogens (primary N) is 1. The number of para-hydroxylation sites is 1. The first-order valence-electron chi connectivity index (χ1n) is 13.0.